The van der Waals surface area contributed by atoms with E-state index >= 15 is 0 Å². The van der Waals surface area contributed by atoms with E-state index in [1.807, 2.05) is 6.92 Å². The third-order valence-corrected chi connectivity index (χ3v) is 5.04. The molecule has 1 aromatic carbocycles. The van der Waals surface area contributed by atoms with E-state index in [-0.39, 0.29) is 17.7 Å². The van der Waals surface area contributed by atoms with Crippen molar-refractivity contribution in [3.05, 3.63) is 29.6 Å². The summed E-state index contributed by atoms with van der Waals surface area (Å²) in [7, 11) is 0. The zero-order valence-electron chi connectivity index (χ0n) is 13.7. The van der Waals surface area contributed by atoms with E-state index in [0.717, 1.165) is 31.2 Å². The molecule has 3 rings (SSSR count). The van der Waals surface area contributed by atoms with E-state index < -0.39 is 11.9 Å². The number of halogens is 1. The monoisotopic (exact) mass is 318 g/mol. The Morgan fingerprint density at radius 3 is 2.61 bits per heavy atom. The molecule has 2 aliphatic rings. The van der Waals surface area contributed by atoms with Gasteiger partial charge >= 0.3 is 0 Å². The van der Waals surface area contributed by atoms with E-state index in [1.165, 1.54) is 11.0 Å². The van der Waals surface area contributed by atoms with Gasteiger partial charge in [-0.15, -0.1) is 0 Å². The summed E-state index contributed by atoms with van der Waals surface area (Å²) in [5, 5.41) is 0. The summed E-state index contributed by atoms with van der Waals surface area (Å²) in [6, 6.07) is 4.23. The first-order chi connectivity index (χ1) is 11.0. The molecule has 1 atom stereocenters. The fourth-order valence-electron chi connectivity index (χ4n) is 3.65. The number of anilines is 1. The molecular formula is C18H23FN2O2. The number of nitrogens with zero attached hydrogens (tertiary/aromatic N) is 2. The minimum atomic E-state index is -0.531. The second-order valence-electron chi connectivity index (χ2n) is 6.63. The van der Waals surface area contributed by atoms with E-state index in [9.17, 15) is 14.0 Å². The molecule has 1 aliphatic heterocycles. The number of benzene rings is 1. The molecule has 0 bridgehead atoms. The van der Waals surface area contributed by atoms with Crippen LogP contribution in [0.15, 0.2) is 18.2 Å². The molecule has 1 saturated carbocycles. The number of piperazine rings is 1. The Kier molecular flexibility index (Phi) is 4.37. The van der Waals surface area contributed by atoms with Crippen LogP contribution >= 0.6 is 0 Å². The highest BCUT2D eigenvalue weighted by Crippen LogP contribution is 2.30. The zero-order chi connectivity index (χ0) is 16.6. The molecule has 0 radical (unpaired) electrons. The van der Waals surface area contributed by atoms with Gasteiger partial charge in [-0.3, -0.25) is 9.59 Å². The third-order valence-electron chi connectivity index (χ3n) is 5.04. The van der Waals surface area contributed by atoms with Gasteiger partial charge in [0.05, 0.1) is 5.69 Å². The second kappa shape index (κ2) is 6.30. The Balaban J connectivity index is 1.78. The average molecular weight is 318 g/mol. The molecule has 4 nitrogen and oxygen atoms in total. The Morgan fingerprint density at radius 2 is 1.91 bits per heavy atom. The van der Waals surface area contributed by atoms with Crippen molar-refractivity contribution < 1.29 is 14.0 Å². The van der Waals surface area contributed by atoms with Crippen LogP contribution < -0.4 is 4.90 Å². The zero-order valence-corrected chi connectivity index (χ0v) is 13.7. The lowest BCUT2D eigenvalue weighted by Crippen LogP contribution is -2.58. The summed E-state index contributed by atoms with van der Waals surface area (Å²) in [6.07, 6.45) is 4.03. The Labute approximate surface area is 136 Å². The van der Waals surface area contributed by atoms with Crippen molar-refractivity contribution in [1.82, 2.24) is 4.90 Å². The van der Waals surface area contributed by atoms with Crippen LogP contribution in [0.2, 0.25) is 0 Å². The Hall–Kier alpha value is -1.91. The van der Waals surface area contributed by atoms with E-state index in [4.69, 9.17) is 0 Å². The predicted molar refractivity (Wildman–Crippen MR) is 86.6 cm³/mol. The number of carbonyl (C=O) groups is 2. The molecule has 0 unspecified atom stereocenters. The highest BCUT2D eigenvalue weighted by Gasteiger charge is 2.38. The first kappa shape index (κ1) is 16.0. The van der Waals surface area contributed by atoms with Gasteiger partial charge < -0.3 is 9.80 Å². The van der Waals surface area contributed by atoms with Crippen LogP contribution in [0.1, 0.15) is 38.2 Å². The average Bonchev–Trinajstić information content (AvgIpc) is 3.06. The lowest BCUT2D eigenvalue weighted by Gasteiger charge is -2.40. The summed E-state index contributed by atoms with van der Waals surface area (Å²) in [5.74, 6) is -0.445. The largest absolute Gasteiger partial charge is 0.329 e. The minimum Gasteiger partial charge on any atom is -0.329 e. The predicted octanol–water partition coefficient (Wildman–Crippen LogP) is 2.89. The van der Waals surface area contributed by atoms with Crippen molar-refractivity contribution in [2.45, 2.75) is 45.6 Å². The van der Waals surface area contributed by atoms with Gasteiger partial charge in [-0.1, -0.05) is 18.9 Å². The standard InChI is InChI=1S/C18H23FN2O2/c1-12-7-8-15(19)16(11-12)21-10-9-20(13(2)17(21)22)18(23)14-5-3-4-6-14/h7-8,11,13-14H,3-6,9-10H2,1-2H3/t13-/m0/s1. The van der Waals surface area contributed by atoms with Crippen molar-refractivity contribution in [3.8, 4) is 0 Å². The lowest BCUT2D eigenvalue weighted by molar-refractivity contribution is -0.143. The summed E-state index contributed by atoms with van der Waals surface area (Å²) < 4.78 is 14.1. The smallest absolute Gasteiger partial charge is 0.249 e. The molecule has 2 amide bonds. The van der Waals surface area contributed by atoms with Gasteiger partial charge in [-0.2, -0.15) is 0 Å². The van der Waals surface area contributed by atoms with Crippen molar-refractivity contribution in [1.29, 1.82) is 0 Å². The number of amides is 2. The van der Waals surface area contributed by atoms with Gasteiger partial charge in [0.2, 0.25) is 11.8 Å². The first-order valence-corrected chi connectivity index (χ1v) is 8.37. The maximum Gasteiger partial charge on any atom is 0.249 e. The molecule has 1 aromatic rings. The molecule has 23 heavy (non-hydrogen) atoms. The van der Waals surface area contributed by atoms with Gasteiger partial charge in [0.25, 0.3) is 0 Å². The maximum absolute atomic E-state index is 14.1. The summed E-state index contributed by atoms with van der Waals surface area (Å²) >= 11 is 0. The maximum atomic E-state index is 14.1. The molecule has 1 saturated heterocycles. The van der Waals surface area contributed by atoms with Crippen molar-refractivity contribution in [3.63, 3.8) is 0 Å². The van der Waals surface area contributed by atoms with Gasteiger partial charge in [0, 0.05) is 19.0 Å². The third kappa shape index (κ3) is 2.96. The number of aryl methyl sites for hydroxylation is 1. The van der Waals surface area contributed by atoms with E-state index in [0.29, 0.717) is 18.8 Å². The minimum absolute atomic E-state index is 0.0625. The fraction of sp³-hybridized carbons (Fsp3) is 0.556. The first-order valence-electron chi connectivity index (χ1n) is 8.37. The molecule has 0 spiro atoms. The number of rotatable bonds is 2. The van der Waals surface area contributed by atoms with Crippen LogP contribution in [0.25, 0.3) is 0 Å². The van der Waals surface area contributed by atoms with Crippen LogP contribution in [0.4, 0.5) is 10.1 Å². The van der Waals surface area contributed by atoms with E-state index in [1.54, 1.807) is 24.0 Å². The molecule has 5 heteroatoms. The highest BCUT2D eigenvalue weighted by molar-refractivity contribution is 6.00. The summed E-state index contributed by atoms with van der Waals surface area (Å²) in [5.41, 5.74) is 1.22. The van der Waals surface area contributed by atoms with E-state index in [2.05, 4.69) is 0 Å². The molecule has 124 valence electrons. The molecule has 0 N–H and O–H groups in total. The van der Waals surface area contributed by atoms with Crippen LogP contribution in [-0.2, 0) is 9.59 Å². The van der Waals surface area contributed by atoms with Gasteiger partial charge in [-0.05, 0) is 44.4 Å². The van der Waals surface area contributed by atoms with Crippen molar-refractivity contribution in [2.24, 2.45) is 5.92 Å². The molecule has 0 aromatic heterocycles. The number of carbonyl (C=O) groups excluding carboxylic acids is 2. The normalized spacial score (nSPS) is 22.7. The second-order valence-corrected chi connectivity index (χ2v) is 6.63. The van der Waals surface area contributed by atoms with Crippen molar-refractivity contribution in [2.75, 3.05) is 18.0 Å². The Bertz CT molecular complexity index is 625. The fourth-order valence-corrected chi connectivity index (χ4v) is 3.65. The lowest BCUT2D eigenvalue weighted by atomic mass is 10.0. The van der Waals surface area contributed by atoms with Crippen molar-refractivity contribution >= 4 is 17.5 Å². The summed E-state index contributed by atoms with van der Waals surface area (Å²) in [4.78, 5) is 28.4. The molecular weight excluding hydrogens is 295 g/mol. The van der Waals surface area contributed by atoms with Crippen LogP contribution in [-0.4, -0.2) is 35.8 Å². The van der Waals surface area contributed by atoms with Gasteiger partial charge in [0.1, 0.15) is 11.9 Å². The molecule has 1 heterocycles. The topological polar surface area (TPSA) is 40.6 Å². The Morgan fingerprint density at radius 1 is 1.22 bits per heavy atom. The van der Waals surface area contributed by atoms with Crippen LogP contribution in [0.3, 0.4) is 0 Å². The van der Waals surface area contributed by atoms with Gasteiger partial charge in [0.15, 0.2) is 0 Å². The number of hydrogen-bond acceptors (Lipinski definition) is 2. The van der Waals surface area contributed by atoms with Crippen LogP contribution in [0.5, 0.6) is 0 Å². The quantitative estimate of drug-likeness (QED) is 0.841. The SMILES string of the molecule is Cc1ccc(F)c(N2CCN(C(=O)C3CCCC3)[C@@H](C)C2=O)c1. The molecule has 2 fully saturated rings. The van der Waals surface area contributed by atoms with Crippen LogP contribution in [0, 0.1) is 18.7 Å². The highest BCUT2D eigenvalue weighted by atomic mass is 19.1. The number of hydrogen-bond donors (Lipinski definition) is 0. The van der Waals surface area contributed by atoms with Gasteiger partial charge in [-0.25, -0.2) is 4.39 Å². The molecule has 1 aliphatic carbocycles. The summed E-state index contributed by atoms with van der Waals surface area (Å²) in [6.45, 7) is 4.43.